The second-order valence-corrected chi connectivity index (χ2v) is 6.69. The van der Waals surface area contributed by atoms with Gasteiger partial charge in [-0.25, -0.2) is 9.67 Å². The maximum Gasteiger partial charge on any atom is 0.247 e. The predicted molar refractivity (Wildman–Crippen MR) is 95.4 cm³/mol. The minimum absolute atomic E-state index is 0.0448. The lowest BCUT2D eigenvalue weighted by Gasteiger charge is -2.02. The first kappa shape index (κ1) is 15.6. The summed E-state index contributed by atoms with van der Waals surface area (Å²) in [6, 6.07) is 19.6. The summed E-state index contributed by atoms with van der Waals surface area (Å²) in [5.41, 5.74) is 1.88. The van der Waals surface area contributed by atoms with E-state index in [1.54, 1.807) is 11.0 Å². The first-order chi connectivity index (χ1) is 12.3. The fraction of sp³-hybridized carbons (Fsp3) is 0.111. The lowest BCUT2D eigenvalue weighted by Crippen LogP contribution is -1.94. The van der Waals surface area contributed by atoms with Crippen LogP contribution in [0.3, 0.4) is 0 Å². The number of para-hydroxylation sites is 1. The van der Waals surface area contributed by atoms with Crippen LogP contribution in [0.2, 0.25) is 0 Å². The molecule has 4 aromatic rings. The van der Waals surface area contributed by atoms with Crippen molar-refractivity contribution in [3.05, 3.63) is 72.9 Å². The van der Waals surface area contributed by atoms with Gasteiger partial charge in [0.2, 0.25) is 16.9 Å². The molecule has 124 valence electrons. The summed E-state index contributed by atoms with van der Waals surface area (Å²) < 4.78 is 7.54. The van der Waals surface area contributed by atoms with Crippen LogP contribution >= 0.6 is 11.8 Å². The normalized spacial score (nSPS) is 12.2. The number of hydrogen-bond acceptors (Lipinski definition) is 6. The highest BCUT2D eigenvalue weighted by Crippen LogP contribution is 2.33. The molecule has 0 bridgehead atoms. The monoisotopic (exact) mass is 349 g/mol. The second-order valence-electron chi connectivity index (χ2n) is 5.38. The van der Waals surface area contributed by atoms with Crippen LogP contribution in [0.15, 0.2) is 76.6 Å². The van der Waals surface area contributed by atoms with Gasteiger partial charge in [-0.2, -0.15) is 0 Å². The zero-order valence-corrected chi connectivity index (χ0v) is 14.3. The Morgan fingerprint density at radius 1 is 0.960 bits per heavy atom. The van der Waals surface area contributed by atoms with E-state index in [1.807, 2.05) is 67.6 Å². The molecule has 0 saturated heterocycles. The summed E-state index contributed by atoms with van der Waals surface area (Å²) in [7, 11) is 0. The third-order valence-corrected chi connectivity index (χ3v) is 4.54. The highest BCUT2D eigenvalue weighted by atomic mass is 32.2. The van der Waals surface area contributed by atoms with Crippen molar-refractivity contribution in [3.63, 3.8) is 0 Å². The molecule has 0 fully saturated rings. The van der Waals surface area contributed by atoms with Crippen molar-refractivity contribution in [2.45, 2.75) is 17.3 Å². The average Bonchev–Trinajstić information content (AvgIpc) is 3.33. The van der Waals surface area contributed by atoms with Gasteiger partial charge in [0.1, 0.15) is 6.33 Å². The summed E-state index contributed by atoms with van der Waals surface area (Å²) in [5.74, 6) is 1.07. The van der Waals surface area contributed by atoms with Crippen molar-refractivity contribution in [2.75, 3.05) is 0 Å². The molecule has 1 atom stereocenters. The predicted octanol–water partition coefficient (Wildman–Crippen LogP) is 4.17. The fourth-order valence-corrected chi connectivity index (χ4v) is 3.07. The van der Waals surface area contributed by atoms with Crippen molar-refractivity contribution in [1.29, 1.82) is 0 Å². The van der Waals surface area contributed by atoms with Gasteiger partial charge in [0.25, 0.3) is 0 Å². The SMILES string of the molecule is C[C@H](Sc1ncn(-c2ccccc2)n1)c1nnc(-c2ccccc2)o1. The minimum Gasteiger partial charge on any atom is -0.419 e. The van der Waals surface area contributed by atoms with Crippen LogP contribution in [0.4, 0.5) is 0 Å². The van der Waals surface area contributed by atoms with Gasteiger partial charge in [-0.1, -0.05) is 48.2 Å². The van der Waals surface area contributed by atoms with E-state index in [-0.39, 0.29) is 5.25 Å². The summed E-state index contributed by atoms with van der Waals surface area (Å²) in [4.78, 5) is 4.35. The van der Waals surface area contributed by atoms with Gasteiger partial charge >= 0.3 is 0 Å². The molecule has 2 aromatic carbocycles. The molecule has 0 saturated carbocycles. The Kier molecular flexibility index (Phi) is 4.30. The molecule has 4 rings (SSSR count). The molecule has 2 aromatic heterocycles. The molecule has 0 N–H and O–H groups in total. The molecule has 0 aliphatic carbocycles. The van der Waals surface area contributed by atoms with Crippen LogP contribution in [-0.2, 0) is 0 Å². The summed E-state index contributed by atoms with van der Waals surface area (Å²) in [6.07, 6.45) is 1.70. The first-order valence-corrected chi connectivity index (χ1v) is 8.70. The largest absolute Gasteiger partial charge is 0.419 e. The van der Waals surface area contributed by atoms with Crippen LogP contribution in [0.5, 0.6) is 0 Å². The molecule has 0 spiro atoms. The Morgan fingerprint density at radius 2 is 1.68 bits per heavy atom. The summed E-state index contributed by atoms with van der Waals surface area (Å²) >= 11 is 1.48. The van der Waals surface area contributed by atoms with Crippen molar-refractivity contribution in [1.82, 2.24) is 25.0 Å². The lowest BCUT2D eigenvalue weighted by atomic mass is 10.2. The Balaban J connectivity index is 1.49. The smallest absolute Gasteiger partial charge is 0.247 e. The first-order valence-electron chi connectivity index (χ1n) is 7.82. The van der Waals surface area contributed by atoms with E-state index in [0.717, 1.165) is 11.3 Å². The van der Waals surface area contributed by atoms with Crippen molar-refractivity contribution in [3.8, 4) is 17.1 Å². The Bertz CT molecular complexity index is 952. The van der Waals surface area contributed by atoms with Gasteiger partial charge in [-0.15, -0.1) is 15.3 Å². The highest BCUT2D eigenvalue weighted by Gasteiger charge is 2.18. The van der Waals surface area contributed by atoms with Crippen LogP contribution in [0.25, 0.3) is 17.1 Å². The number of hydrogen-bond donors (Lipinski definition) is 0. The van der Waals surface area contributed by atoms with E-state index in [0.29, 0.717) is 16.9 Å². The summed E-state index contributed by atoms with van der Waals surface area (Å²) in [5, 5.41) is 13.4. The van der Waals surface area contributed by atoms with Gasteiger partial charge < -0.3 is 4.42 Å². The van der Waals surface area contributed by atoms with Crippen molar-refractivity contribution < 1.29 is 4.42 Å². The topological polar surface area (TPSA) is 69.6 Å². The molecule has 0 radical (unpaired) electrons. The summed E-state index contributed by atoms with van der Waals surface area (Å²) in [6.45, 7) is 2.00. The molecular formula is C18H15N5OS. The zero-order valence-electron chi connectivity index (χ0n) is 13.5. The highest BCUT2D eigenvalue weighted by molar-refractivity contribution is 7.99. The Morgan fingerprint density at radius 3 is 2.44 bits per heavy atom. The number of nitrogens with zero attached hydrogens (tertiary/aromatic N) is 5. The van der Waals surface area contributed by atoms with E-state index in [1.165, 1.54) is 11.8 Å². The Hall–Kier alpha value is -2.93. The van der Waals surface area contributed by atoms with E-state index in [2.05, 4.69) is 20.3 Å². The standard InChI is InChI=1S/C18H15N5OS/c1-13(16-20-21-17(24-16)14-8-4-2-5-9-14)25-18-19-12-23(22-18)15-10-6-3-7-11-15/h2-13H,1H3/t13-/m0/s1. The minimum atomic E-state index is -0.0448. The Labute approximate surface area is 148 Å². The van der Waals surface area contributed by atoms with Crippen LogP contribution in [0, 0.1) is 0 Å². The van der Waals surface area contributed by atoms with E-state index < -0.39 is 0 Å². The van der Waals surface area contributed by atoms with E-state index in [4.69, 9.17) is 4.42 Å². The molecule has 2 heterocycles. The number of benzene rings is 2. The maximum absolute atomic E-state index is 5.79. The second kappa shape index (κ2) is 6.90. The third-order valence-electron chi connectivity index (χ3n) is 3.58. The van der Waals surface area contributed by atoms with Crippen LogP contribution < -0.4 is 0 Å². The number of aromatic nitrogens is 5. The molecule has 0 unspecified atom stereocenters. The molecular weight excluding hydrogens is 334 g/mol. The van der Waals surface area contributed by atoms with Gasteiger partial charge in [0.15, 0.2) is 0 Å². The van der Waals surface area contributed by atoms with Crippen LogP contribution in [0.1, 0.15) is 18.1 Å². The van der Waals surface area contributed by atoms with Gasteiger partial charge in [0, 0.05) is 5.56 Å². The van der Waals surface area contributed by atoms with Gasteiger partial charge in [0.05, 0.1) is 10.9 Å². The van der Waals surface area contributed by atoms with Crippen molar-refractivity contribution >= 4 is 11.8 Å². The molecule has 0 amide bonds. The molecule has 7 heteroatoms. The quantitative estimate of drug-likeness (QED) is 0.504. The lowest BCUT2D eigenvalue weighted by molar-refractivity contribution is 0.509. The fourth-order valence-electron chi connectivity index (χ4n) is 2.31. The van der Waals surface area contributed by atoms with Crippen molar-refractivity contribution in [2.24, 2.45) is 0 Å². The van der Waals surface area contributed by atoms with Crippen LogP contribution in [-0.4, -0.2) is 25.0 Å². The maximum atomic E-state index is 5.79. The molecule has 0 aliphatic heterocycles. The molecule has 6 nitrogen and oxygen atoms in total. The number of rotatable bonds is 5. The molecule has 0 aliphatic rings. The molecule has 25 heavy (non-hydrogen) atoms. The van der Waals surface area contributed by atoms with Gasteiger partial charge in [-0.05, 0) is 31.2 Å². The average molecular weight is 349 g/mol. The zero-order chi connectivity index (χ0) is 17.1. The van der Waals surface area contributed by atoms with E-state index in [9.17, 15) is 0 Å². The number of thioether (sulfide) groups is 1. The van der Waals surface area contributed by atoms with E-state index >= 15 is 0 Å². The third kappa shape index (κ3) is 3.46. The van der Waals surface area contributed by atoms with Gasteiger partial charge in [-0.3, -0.25) is 0 Å².